The van der Waals surface area contributed by atoms with E-state index in [0.29, 0.717) is 43.5 Å². The number of pyridine rings is 1. The fourth-order valence-corrected chi connectivity index (χ4v) is 9.90. The standard InChI is InChI=1S/C51H63N7O8/c1-10-37-39-15-14-33-25-43(39)57(46(37)40-26-52-18-16-38(40)31(5)65-9)28-51(6,7)29-66-50(64)41-13-12-19-58(54-41)49(63)42(23-32-21-35(33)24-36(59)22-32)53-47(61)45(30(3)4)55(8)48(62)34-17-20-56(27-34)44(60)11-2/h2,14-16,18,21-22,24-26,30-31,34,41-42,45,54,59H,10,12-13,17,19-20,23,27-29H2,1,3-9H3,(H,53,61)/t31-,34-,41-,42-,45-/m0/s1. The number of carbonyl (C=O) groups is 5. The van der Waals surface area contributed by atoms with Crippen molar-refractivity contribution < 1.29 is 38.6 Å². The van der Waals surface area contributed by atoms with Crippen LogP contribution in [0.15, 0.2) is 54.9 Å². The molecule has 15 heteroatoms. The van der Waals surface area contributed by atoms with Crippen LogP contribution in [0.5, 0.6) is 5.75 Å². The average Bonchev–Trinajstić information content (AvgIpc) is 3.92. The van der Waals surface area contributed by atoms with E-state index in [-0.39, 0.29) is 49.8 Å². The number of rotatable bonds is 9. The molecule has 0 spiro atoms. The first-order valence-electron chi connectivity index (χ1n) is 23.0. The Hall–Kier alpha value is -6.24. The average molecular weight is 902 g/mol. The number of phenolic OH excluding ortho intramolecular Hbond substituents is 1. The number of amides is 4. The molecule has 5 atom stereocenters. The molecule has 0 radical (unpaired) electrons. The molecule has 2 aromatic carbocycles. The van der Waals surface area contributed by atoms with Crippen LogP contribution in [0.1, 0.15) is 83.6 Å². The SMILES string of the molecule is C#CC(=O)N1CC[C@H](C(=O)N(C)[C@H](C(=O)N[C@H]2Cc3cc(O)cc(c3)-c3ccc4c(CC)c(-c5cnccc5[C@H](C)OC)n(c4c3)CC(C)(C)COC(=O)[C@@H]3CCCN(N3)C2=O)C(C)C)C1. The van der Waals surface area contributed by atoms with E-state index in [2.05, 4.69) is 59.1 Å². The van der Waals surface area contributed by atoms with Crippen molar-refractivity contribution in [2.24, 2.45) is 17.3 Å². The van der Waals surface area contributed by atoms with Crippen molar-refractivity contribution >= 4 is 40.5 Å². The molecule has 350 valence electrons. The van der Waals surface area contributed by atoms with Gasteiger partial charge in [-0.05, 0) is 96.5 Å². The van der Waals surface area contributed by atoms with Crippen molar-refractivity contribution in [1.29, 1.82) is 0 Å². The number of hydrogen-bond donors (Lipinski definition) is 3. The highest BCUT2D eigenvalue weighted by Crippen LogP contribution is 2.41. The van der Waals surface area contributed by atoms with Gasteiger partial charge in [0, 0.05) is 81.0 Å². The molecule has 15 nitrogen and oxygen atoms in total. The van der Waals surface area contributed by atoms with Crippen LogP contribution in [0.2, 0.25) is 0 Å². The fraction of sp³-hybridized carbons (Fsp3) is 0.490. The van der Waals surface area contributed by atoms with Crippen molar-refractivity contribution in [2.45, 2.75) is 104 Å². The Morgan fingerprint density at radius 3 is 2.58 bits per heavy atom. The number of fused-ring (bicyclic) bond motifs is 6. The number of esters is 1. The molecule has 3 aliphatic rings. The van der Waals surface area contributed by atoms with Gasteiger partial charge in [0.2, 0.25) is 11.8 Å². The number of likely N-dealkylation sites (tertiary alicyclic amines) is 1. The number of nitrogens with one attached hydrogen (secondary N) is 2. The summed E-state index contributed by atoms with van der Waals surface area (Å²) in [5.41, 5.74) is 9.64. The molecule has 6 bridgehead atoms. The fourth-order valence-electron chi connectivity index (χ4n) is 9.90. The zero-order valence-electron chi connectivity index (χ0n) is 39.3. The maximum absolute atomic E-state index is 14.7. The van der Waals surface area contributed by atoms with Gasteiger partial charge in [-0.15, -0.1) is 6.42 Å². The predicted octanol–water partition coefficient (Wildman–Crippen LogP) is 5.42. The summed E-state index contributed by atoms with van der Waals surface area (Å²) in [4.78, 5) is 76.6. The molecular weight excluding hydrogens is 839 g/mol. The number of terminal acetylenes is 1. The normalized spacial score (nSPS) is 20.9. The minimum Gasteiger partial charge on any atom is -0.508 e. The summed E-state index contributed by atoms with van der Waals surface area (Å²) in [7, 11) is 3.25. The van der Waals surface area contributed by atoms with E-state index >= 15 is 0 Å². The topological polar surface area (TPSA) is 176 Å². The Balaban J connectivity index is 1.31. The van der Waals surface area contributed by atoms with Gasteiger partial charge in [0.25, 0.3) is 11.8 Å². The number of aromatic hydroxyl groups is 1. The molecule has 3 N–H and O–H groups in total. The van der Waals surface area contributed by atoms with Gasteiger partial charge in [-0.2, -0.15) is 0 Å². The second kappa shape index (κ2) is 19.7. The number of aromatic nitrogens is 2. The minimum absolute atomic E-state index is 0.0206. The van der Waals surface area contributed by atoms with E-state index < -0.39 is 53.1 Å². The third kappa shape index (κ3) is 9.81. The lowest BCUT2D eigenvalue weighted by Crippen LogP contribution is -2.62. The molecule has 0 unspecified atom stereocenters. The Labute approximate surface area is 387 Å². The molecule has 0 saturated carbocycles. The number of aryl methyl sites for hydroxylation is 1. The molecule has 4 amide bonds. The molecule has 2 fully saturated rings. The highest BCUT2D eigenvalue weighted by Gasteiger charge is 2.40. The third-order valence-corrected chi connectivity index (χ3v) is 13.3. The van der Waals surface area contributed by atoms with Gasteiger partial charge < -0.3 is 34.3 Å². The summed E-state index contributed by atoms with van der Waals surface area (Å²) < 4.78 is 14.2. The number of likely N-dealkylation sites (N-methyl/N-ethyl adjacent to an activating group) is 1. The first-order valence-corrected chi connectivity index (χ1v) is 23.0. The van der Waals surface area contributed by atoms with Crippen molar-refractivity contribution in [1.82, 2.24) is 35.1 Å². The Bertz CT molecular complexity index is 2560. The van der Waals surface area contributed by atoms with Crippen LogP contribution in [0.4, 0.5) is 0 Å². The van der Waals surface area contributed by atoms with E-state index in [1.165, 1.54) is 14.8 Å². The summed E-state index contributed by atoms with van der Waals surface area (Å²) in [6.07, 6.45) is 10.8. The van der Waals surface area contributed by atoms with Crippen LogP contribution in [0, 0.1) is 29.6 Å². The van der Waals surface area contributed by atoms with Crippen LogP contribution in [-0.2, 0) is 52.8 Å². The van der Waals surface area contributed by atoms with Crippen molar-refractivity contribution in [3.63, 3.8) is 0 Å². The molecule has 2 aromatic heterocycles. The van der Waals surface area contributed by atoms with Crippen LogP contribution >= 0.6 is 0 Å². The summed E-state index contributed by atoms with van der Waals surface area (Å²) in [6, 6.07) is 10.4. The van der Waals surface area contributed by atoms with Gasteiger partial charge in [-0.1, -0.05) is 52.8 Å². The molecule has 3 aliphatic heterocycles. The number of phenols is 1. The van der Waals surface area contributed by atoms with E-state index in [1.54, 1.807) is 32.5 Å². The van der Waals surface area contributed by atoms with E-state index in [9.17, 15) is 29.1 Å². The first-order chi connectivity index (χ1) is 31.4. The quantitative estimate of drug-likeness (QED) is 0.146. The second-order valence-corrected chi connectivity index (χ2v) is 19.1. The lowest BCUT2D eigenvalue weighted by atomic mass is 9.93. The minimum atomic E-state index is -1.18. The Kier molecular flexibility index (Phi) is 14.2. The summed E-state index contributed by atoms with van der Waals surface area (Å²) >= 11 is 0. The molecule has 66 heavy (non-hydrogen) atoms. The van der Waals surface area contributed by atoms with E-state index in [0.717, 1.165) is 45.3 Å². The molecule has 7 rings (SSSR count). The summed E-state index contributed by atoms with van der Waals surface area (Å²) in [6.45, 7) is 13.2. The monoisotopic (exact) mass is 901 g/mol. The largest absolute Gasteiger partial charge is 0.508 e. The van der Waals surface area contributed by atoms with Crippen molar-refractivity contribution in [3.8, 4) is 40.5 Å². The summed E-state index contributed by atoms with van der Waals surface area (Å²) in [5, 5.41) is 16.7. The van der Waals surface area contributed by atoms with Gasteiger partial charge in [0.1, 0.15) is 23.9 Å². The number of methoxy groups -OCH3 is 1. The van der Waals surface area contributed by atoms with Gasteiger partial charge in [-0.25, -0.2) is 5.43 Å². The lowest BCUT2D eigenvalue weighted by Gasteiger charge is -2.37. The first kappa shape index (κ1) is 47.7. The number of carbonyl (C=O) groups excluding carboxylic acids is 5. The highest BCUT2D eigenvalue weighted by molar-refractivity contribution is 5.96. The number of cyclic esters (lactones) is 1. The van der Waals surface area contributed by atoms with E-state index in [4.69, 9.17) is 15.9 Å². The lowest BCUT2D eigenvalue weighted by molar-refractivity contribution is -0.155. The van der Waals surface area contributed by atoms with E-state index in [1.807, 2.05) is 45.2 Å². The number of hydrogen-bond acceptors (Lipinski definition) is 10. The Morgan fingerprint density at radius 1 is 1.09 bits per heavy atom. The molecule has 4 aromatic rings. The number of benzene rings is 2. The molecule has 0 aliphatic carbocycles. The number of nitrogens with zero attached hydrogens (tertiary/aromatic N) is 5. The van der Waals surface area contributed by atoms with Crippen LogP contribution < -0.4 is 10.7 Å². The highest BCUT2D eigenvalue weighted by atomic mass is 16.5. The molecular formula is C51H63N7O8. The van der Waals surface area contributed by atoms with Gasteiger partial charge in [0.15, 0.2) is 0 Å². The Morgan fingerprint density at radius 2 is 1.86 bits per heavy atom. The zero-order valence-corrected chi connectivity index (χ0v) is 39.3. The maximum Gasteiger partial charge on any atom is 0.324 e. The van der Waals surface area contributed by atoms with Crippen LogP contribution in [0.25, 0.3) is 33.3 Å². The van der Waals surface area contributed by atoms with Crippen LogP contribution in [0.3, 0.4) is 0 Å². The van der Waals surface area contributed by atoms with Gasteiger partial charge in [0.05, 0.1) is 24.3 Å². The second-order valence-electron chi connectivity index (χ2n) is 19.1. The van der Waals surface area contributed by atoms with Gasteiger partial charge >= 0.3 is 5.97 Å². The molecule has 2 saturated heterocycles. The third-order valence-electron chi connectivity index (χ3n) is 13.3. The number of ether oxygens (including phenoxy) is 2. The van der Waals surface area contributed by atoms with Gasteiger partial charge in [-0.3, -0.25) is 34.0 Å². The van der Waals surface area contributed by atoms with Crippen molar-refractivity contribution in [2.75, 3.05) is 40.4 Å². The molecule has 5 heterocycles. The summed E-state index contributed by atoms with van der Waals surface area (Å²) in [5.74, 6) is -1.14. The van der Waals surface area contributed by atoms with Crippen LogP contribution in [-0.4, -0.2) is 118 Å². The maximum atomic E-state index is 14.7. The predicted molar refractivity (Wildman–Crippen MR) is 250 cm³/mol. The number of hydrazine groups is 1. The van der Waals surface area contributed by atoms with Crippen molar-refractivity contribution in [3.05, 3.63) is 71.5 Å². The smallest absolute Gasteiger partial charge is 0.324 e. The zero-order chi connectivity index (χ0) is 47.6.